The number of nitrogens with one attached hydrogen (secondary N) is 2. The molecule has 2 atom stereocenters. The van der Waals surface area contributed by atoms with Crippen molar-refractivity contribution in [1.29, 1.82) is 0 Å². The number of methoxy groups -OCH3 is 1. The highest BCUT2D eigenvalue weighted by Crippen LogP contribution is 2.28. The number of guanidine groups is 1. The number of nitrogens with zero attached hydrogens (tertiary/aromatic N) is 1. The average molecular weight is 352 g/mol. The highest BCUT2D eigenvalue weighted by atomic mass is 32.2. The summed E-state index contributed by atoms with van der Waals surface area (Å²) in [7, 11) is 1.59. The Morgan fingerprint density at radius 2 is 2.25 bits per heavy atom. The van der Waals surface area contributed by atoms with Crippen LogP contribution in [0.25, 0.3) is 0 Å². The molecule has 0 amide bonds. The lowest BCUT2D eigenvalue weighted by atomic mass is 10.1. The first kappa shape index (κ1) is 18.8. The highest BCUT2D eigenvalue weighted by Gasteiger charge is 2.24. The van der Waals surface area contributed by atoms with Gasteiger partial charge in [0.2, 0.25) is 0 Å². The number of phenols is 1. The Kier molecular flexibility index (Phi) is 7.56. The summed E-state index contributed by atoms with van der Waals surface area (Å²) in [5.41, 5.74) is 0.888. The van der Waals surface area contributed by atoms with Crippen LogP contribution in [0.1, 0.15) is 31.7 Å². The molecule has 1 saturated carbocycles. The number of ether oxygens (including phenoxy) is 1. The van der Waals surface area contributed by atoms with Gasteiger partial charge in [-0.05, 0) is 50.5 Å². The maximum Gasteiger partial charge on any atom is 0.191 e. The predicted molar refractivity (Wildman–Crippen MR) is 102 cm³/mol. The van der Waals surface area contributed by atoms with Gasteiger partial charge in [-0.3, -0.25) is 4.99 Å². The fourth-order valence-electron chi connectivity index (χ4n) is 2.97. The van der Waals surface area contributed by atoms with Gasteiger partial charge in [-0.25, -0.2) is 0 Å². The smallest absolute Gasteiger partial charge is 0.191 e. The van der Waals surface area contributed by atoms with Crippen LogP contribution in [0.5, 0.6) is 11.5 Å². The van der Waals surface area contributed by atoms with Crippen LogP contribution in [-0.4, -0.2) is 48.8 Å². The van der Waals surface area contributed by atoms with Crippen molar-refractivity contribution in [2.75, 3.05) is 26.5 Å². The molecule has 0 aliphatic heterocycles. The lowest BCUT2D eigenvalue weighted by Crippen LogP contribution is -2.42. The first-order valence-electron chi connectivity index (χ1n) is 8.59. The van der Waals surface area contributed by atoms with Crippen LogP contribution in [0, 0.1) is 0 Å². The Labute approximate surface area is 149 Å². The summed E-state index contributed by atoms with van der Waals surface area (Å²) < 4.78 is 5.11. The van der Waals surface area contributed by atoms with E-state index in [1.165, 1.54) is 19.3 Å². The molecule has 0 bridgehead atoms. The van der Waals surface area contributed by atoms with Gasteiger partial charge in [0.05, 0.1) is 7.11 Å². The van der Waals surface area contributed by atoms with Gasteiger partial charge >= 0.3 is 0 Å². The summed E-state index contributed by atoms with van der Waals surface area (Å²) in [4.78, 5) is 4.65. The molecule has 24 heavy (non-hydrogen) atoms. The number of aliphatic imine (C=N–C) groups is 1. The molecular formula is C18H29N3O2S. The van der Waals surface area contributed by atoms with Crippen LogP contribution >= 0.6 is 11.8 Å². The largest absolute Gasteiger partial charge is 0.508 e. The second-order valence-corrected chi connectivity index (χ2v) is 7.16. The van der Waals surface area contributed by atoms with Crippen LogP contribution < -0.4 is 15.4 Å². The number of benzene rings is 1. The molecule has 1 aromatic carbocycles. The Morgan fingerprint density at radius 1 is 1.42 bits per heavy atom. The minimum absolute atomic E-state index is 0.265. The van der Waals surface area contributed by atoms with E-state index in [4.69, 9.17) is 4.74 Å². The first-order chi connectivity index (χ1) is 11.7. The molecule has 5 nitrogen and oxygen atoms in total. The third kappa shape index (κ3) is 5.51. The second-order valence-electron chi connectivity index (χ2n) is 6.02. The molecule has 0 saturated heterocycles. The Morgan fingerprint density at radius 3 is 2.88 bits per heavy atom. The highest BCUT2D eigenvalue weighted by molar-refractivity contribution is 7.99. The Balaban J connectivity index is 1.89. The van der Waals surface area contributed by atoms with Crippen molar-refractivity contribution in [2.45, 2.75) is 43.9 Å². The van der Waals surface area contributed by atoms with Crippen molar-refractivity contribution in [1.82, 2.24) is 10.6 Å². The lowest BCUT2D eigenvalue weighted by molar-refractivity contribution is 0.406. The monoisotopic (exact) mass is 351 g/mol. The normalized spacial score (nSPS) is 20.9. The van der Waals surface area contributed by atoms with Crippen molar-refractivity contribution < 1.29 is 9.84 Å². The zero-order valence-electron chi connectivity index (χ0n) is 14.8. The number of hydrogen-bond acceptors (Lipinski definition) is 4. The molecule has 134 valence electrons. The molecule has 3 N–H and O–H groups in total. The van der Waals surface area contributed by atoms with Crippen molar-refractivity contribution in [3.8, 4) is 11.5 Å². The molecule has 0 aromatic heterocycles. The second kappa shape index (κ2) is 9.67. The number of thioether (sulfide) groups is 1. The topological polar surface area (TPSA) is 65.9 Å². The summed E-state index contributed by atoms with van der Waals surface area (Å²) in [6.45, 7) is 3.55. The molecular weight excluding hydrogens is 322 g/mol. The predicted octanol–water partition coefficient (Wildman–Crippen LogP) is 2.78. The molecule has 6 heteroatoms. The van der Waals surface area contributed by atoms with Crippen LogP contribution in [0.4, 0.5) is 0 Å². The minimum Gasteiger partial charge on any atom is -0.508 e. The zero-order valence-corrected chi connectivity index (χ0v) is 15.7. The Hall–Kier alpha value is -1.56. The van der Waals surface area contributed by atoms with E-state index < -0.39 is 0 Å². The van der Waals surface area contributed by atoms with Gasteiger partial charge in [-0.1, -0.05) is 6.07 Å². The van der Waals surface area contributed by atoms with Crippen molar-refractivity contribution in [3.63, 3.8) is 0 Å². The third-order valence-electron chi connectivity index (χ3n) is 4.35. The first-order valence-corrected chi connectivity index (χ1v) is 9.88. The molecule has 2 rings (SSSR count). The van der Waals surface area contributed by atoms with Crippen LogP contribution in [0.3, 0.4) is 0 Å². The van der Waals surface area contributed by atoms with E-state index in [1.54, 1.807) is 13.2 Å². The van der Waals surface area contributed by atoms with Crippen molar-refractivity contribution >= 4 is 17.7 Å². The van der Waals surface area contributed by atoms with E-state index in [2.05, 4.69) is 28.8 Å². The Bertz CT molecular complexity index is 551. The standard InChI is InChI=1S/C18H29N3O2S/c1-4-19-18(21-14-6-8-16(11-14)24-3)20-10-9-13-5-7-15(23-2)12-17(13)22/h5,7,12,14,16,22H,4,6,8-11H2,1-3H3,(H2,19,20,21). The van der Waals surface area contributed by atoms with Gasteiger partial charge in [0.15, 0.2) is 5.96 Å². The third-order valence-corrected chi connectivity index (χ3v) is 5.44. The van der Waals surface area contributed by atoms with E-state index >= 15 is 0 Å². The molecule has 1 aliphatic rings. The van der Waals surface area contributed by atoms with Crippen LogP contribution in [0.15, 0.2) is 23.2 Å². The van der Waals surface area contributed by atoms with Crippen LogP contribution in [-0.2, 0) is 6.42 Å². The van der Waals surface area contributed by atoms with Gasteiger partial charge in [0.25, 0.3) is 0 Å². The van der Waals surface area contributed by atoms with Gasteiger partial charge in [-0.15, -0.1) is 0 Å². The average Bonchev–Trinajstić information content (AvgIpc) is 3.04. The summed E-state index contributed by atoms with van der Waals surface area (Å²) in [6, 6.07) is 5.91. The fourth-order valence-corrected chi connectivity index (χ4v) is 3.77. The van der Waals surface area contributed by atoms with Gasteiger partial charge in [0.1, 0.15) is 11.5 Å². The number of aromatic hydroxyl groups is 1. The lowest BCUT2D eigenvalue weighted by Gasteiger charge is -2.17. The molecule has 0 spiro atoms. The summed E-state index contributed by atoms with van der Waals surface area (Å²) >= 11 is 1.96. The maximum absolute atomic E-state index is 10.0. The summed E-state index contributed by atoms with van der Waals surface area (Å²) in [6.07, 6.45) is 6.57. The van der Waals surface area contributed by atoms with E-state index in [1.807, 2.05) is 23.9 Å². The number of hydrogen-bond donors (Lipinski definition) is 3. The SMILES string of the molecule is CCNC(=NCCc1ccc(OC)cc1O)NC1CCC(SC)C1. The molecule has 1 fully saturated rings. The summed E-state index contributed by atoms with van der Waals surface area (Å²) in [5.74, 6) is 1.80. The van der Waals surface area contributed by atoms with Crippen LogP contribution in [0.2, 0.25) is 0 Å². The van der Waals surface area contributed by atoms with Crippen molar-refractivity contribution in [2.24, 2.45) is 4.99 Å². The van der Waals surface area contributed by atoms with Gasteiger partial charge in [-0.2, -0.15) is 11.8 Å². The molecule has 1 aliphatic carbocycles. The van der Waals surface area contributed by atoms with Gasteiger partial charge in [0, 0.05) is 30.4 Å². The molecule has 2 unspecified atom stereocenters. The number of phenolic OH excluding ortho intramolecular Hbond substituents is 1. The van der Waals surface area contributed by atoms with E-state index in [0.29, 0.717) is 24.8 Å². The zero-order chi connectivity index (χ0) is 17.4. The molecule has 1 aromatic rings. The summed E-state index contributed by atoms with van der Waals surface area (Å²) in [5, 5.41) is 17.6. The minimum atomic E-state index is 0.265. The van der Waals surface area contributed by atoms with E-state index in [9.17, 15) is 5.11 Å². The maximum atomic E-state index is 10.0. The van der Waals surface area contributed by atoms with Gasteiger partial charge < -0.3 is 20.5 Å². The fraction of sp³-hybridized carbons (Fsp3) is 0.611. The van der Waals surface area contributed by atoms with E-state index in [0.717, 1.165) is 23.3 Å². The van der Waals surface area contributed by atoms with Crippen molar-refractivity contribution in [3.05, 3.63) is 23.8 Å². The molecule has 0 radical (unpaired) electrons. The van der Waals surface area contributed by atoms with E-state index in [-0.39, 0.29) is 5.75 Å². The molecule has 0 heterocycles. The number of rotatable bonds is 7. The quantitative estimate of drug-likeness (QED) is 0.521.